The fourth-order valence-corrected chi connectivity index (χ4v) is 3.95. The summed E-state index contributed by atoms with van der Waals surface area (Å²) in [5, 5.41) is 12.5. The summed E-state index contributed by atoms with van der Waals surface area (Å²) >= 11 is 2.84. The first kappa shape index (κ1) is 13.8. The summed E-state index contributed by atoms with van der Waals surface area (Å²) in [6.45, 7) is 2.01. The Morgan fingerprint density at radius 3 is 2.83 bits per heavy atom. The maximum absolute atomic E-state index is 11.5. The van der Waals surface area contributed by atoms with Crippen LogP contribution in [0, 0.1) is 5.92 Å². The van der Waals surface area contributed by atoms with E-state index in [1.807, 2.05) is 6.92 Å². The molecule has 1 saturated carbocycles. The minimum absolute atomic E-state index is 0.242. The Bertz CT molecular complexity index is 434. The number of hydrogen-bond acceptors (Lipinski definition) is 6. The largest absolute Gasteiger partial charge is 0.480 e. The quantitative estimate of drug-likeness (QED) is 0.743. The van der Waals surface area contributed by atoms with Gasteiger partial charge in [0, 0.05) is 12.2 Å². The summed E-state index contributed by atoms with van der Waals surface area (Å²) in [7, 11) is 1.73. The first-order valence-electron chi connectivity index (χ1n) is 6.00. The van der Waals surface area contributed by atoms with Gasteiger partial charge >= 0.3 is 5.97 Å². The van der Waals surface area contributed by atoms with Gasteiger partial charge in [0.05, 0.1) is 0 Å². The highest BCUT2D eigenvalue weighted by atomic mass is 32.2. The van der Waals surface area contributed by atoms with Gasteiger partial charge < -0.3 is 10.4 Å². The lowest BCUT2D eigenvalue weighted by molar-refractivity contribution is -0.144. The first-order chi connectivity index (χ1) is 8.62. The maximum atomic E-state index is 11.5. The molecule has 100 valence electrons. The molecule has 0 radical (unpaired) electrons. The summed E-state index contributed by atoms with van der Waals surface area (Å²) in [5.74, 6) is 0.813. The summed E-state index contributed by atoms with van der Waals surface area (Å²) in [6.07, 6.45) is 2.80. The highest BCUT2D eigenvalue weighted by Gasteiger charge is 2.50. The molecule has 1 heterocycles. The van der Waals surface area contributed by atoms with Crippen LogP contribution in [0.1, 0.15) is 25.6 Å². The molecule has 2 N–H and O–H groups in total. The molecule has 2 rings (SSSR count). The van der Waals surface area contributed by atoms with Gasteiger partial charge in [-0.3, -0.25) is 4.79 Å². The van der Waals surface area contributed by atoms with Gasteiger partial charge in [-0.25, -0.2) is 4.98 Å². The van der Waals surface area contributed by atoms with E-state index in [1.54, 1.807) is 7.05 Å². The number of aliphatic carboxylic acids is 1. The second-order valence-electron chi connectivity index (χ2n) is 4.42. The maximum Gasteiger partial charge on any atom is 0.325 e. The highest BCUT2D eigenvalue weighted by Crippen LogP contribution is 2.42. The zero-order valence-corrected chi connectivity index (χ0v) is 12.1. The number of carbonyl (C=O) groups is 1. The molecule has 1 unspecified atom stereocenters. The van der Waals surface area contributed by atoms with E-state index in [-0.39, 0.29) is 5.92 Å². The number of hydrogen-bond donors (Lipinski definition) is 2. The number of carboxylic acid groups (broad SMARTS) is 1. The third kappa shape index (κ3) is 2.67. The van der Waals surface area contributed by atoms with Crippen LogP contribution in [0.3, 0.4) is 0 Å². The number of carboxylic acids is 1. The van der Waals surface area contributed by atoms with E-state index in [0.717, 1.165) is 29.4 Å². The molecule has 18 heavy (non-hydrogen) atoms. The normalized spacial score (nSPS) is 18.6. The number of rotatable bonds is 7. The van der Waals surface area contributed by atoms with Gasteiger partial charge in [0.1, 0.15) is 11.4 Å². The van der Waals surface area contributed by atoms with E-state index >= 15 is 0 Å². The molecule has 0 bridgehead atoms. The lowest BCUT2D eigenvalue weighted by atomic mass is 9.96. The van der Waals surface area contributed by atoms with Crippen molar-refractivity contribution in [2.24, 2.45) is 5.92 Å². The van der Waals surface area contributed by atoms with E-state index in [0.29, 0.717) is 5.75 Å². The standard InChI is InChI=1S/C11H17N3O2S2/c1-3-8-13-10(18-14-8)17-6-11(12-2,9(15)16)7-4-5-7/h7,12H,3-6H2,1-2H3,(H,15,16). The Balaban J connectivity index is 2.03. The SMILES string of the molecule is CCc1nsc(SCC(NC)(C(=O)O)C2CC2)n1. The summed E-state index contributed by atoms with van der Waals surface area (Å²) in [5.41, 5.74) is -0.817. The van der Waals surface area contributed by atoms with Crippen molar-refractivity contribution in [1.29, 1.82) is 0 Å². The lowest BCUT2D eigenvalue weighted by Crippen LogP contribution is -2.54. The van der Waals surface area contributed by atoms with Crippen LogP contribution in [0.2, 0.25) is 0 Å². The molecule has 1 aromatic rings. The van der Waals surface area contributed by atoms with Crippen LogP contribution in [0.25, 0.3) is 0 Å². The van der Waals surface area contributed by atoms with Crippen LogP contribution >= 0.6 is 23.3 Å². The molecule has 0 saturated heterocycles. The first-order valence-corrected chi connectivity index (χ1v) is 7.76. The number of aromatic nitrogens is 2. The van der Waals surface area contributed by atoms with Crippen molar-refractivity contribution in [3.8, 4) is 0 Å². The van der Waals surface area contributed by atoms with E-state index in [2.05, 4.69) is 14.7 Å². The van der Waals surface area contributed by atoms with Gasteiger partial charge in [0.25, 0.3) is 0 Å². The van der Waals surface area contributed by atoms with Gasteiger partial charge in [-0.1, -0.05) is 18.7 Å². The second kappa shape index (κ2) is 5.54. The number of thioether (sulfide) groups is 1. The Morgan fingerprint density at radius 2 is 2.39 bits per heavy atom. The van der Waals surface area contributed by atoms with E-state index in [4.69, 9.17) is 0 Å². The molecule has 7 heteroatoms. The van der Waals surface area contributed by atoms with Gasteiger partial charge in [-0.2, -0.15) is 4.37 Å². The van der Waals surface area contributed by atoms with E-state index in [1.165, 1.54) is 23.3 Å². The molecule has 0 amide bonds. The van der Waals surface area contributed by atoms with E-state index in [9.17, 15) is 9.90 Å². The number of aryl methyl sites for hydroxylation is 1. The van der Waals surface area contributed by atoms with Crippen LogP contribution in [-0.4, -0.2) is 38.8 Å². The average molecular weight is 287 g/mol. The highest BCUT2D eigenvalue weighted by molar-refractivity contribution is 8.01. The zero-order chi connectivity index (χ0) is 13.2. The van der Waals surface area contributed by atoms with Crippen molar-refractivity contribution >= 4 is 29.3 Å². The van der Waals surface area contributed by atoms with Gasteiger partial charge in [-0.15, -0.1) is 0 Å². The second-order valence-corrected chi connectivity index (χ2v) is 6.39. The molecule has 0 aromatic carbocycles. The number of nitrogens with one attached hydrogen (secondary N) is 1. The molecule has 0 spiro atoms. The van der Waals surface area contributed by atoms with Crippen LogP contribution in [0.5, 0.6) is 0 Å². The van der Waals surface area contributed by atoms with Gasteiger partial charge in [-0.05, 0) is 37.3 Å². The summed E-state index contributed by atoms with van der Waals surface area (Å²) in [4.78, 5) is 15.9. The molecular weight excluding hydrogens is 270 g/mol. The molecular formula is C11H17N3O2S2. The lowest BCUT2D eigenvalue weighted by Gasteiger charge is -2.28. The fraction of sp³-hybridized carbons (Fsp3) is 0.727. The van der Waals surface area contributed by atoms with Gasteiger partial charge in [0.15, 0.2) is 4.34 Å². The molecule has 1 aromatic heterocycles. The fourth-order valence-electron chi connectivity index (χ4n) is 1.93. The monoisotopic (exact) mass is 287 g/mol. The Labute approximate surface area is 115 Å². The van der Waals surface area contributed by atoms with Crippen LogP contribution in [0.15, 0.2) is 4.34 Å². The summed E-state index contributed by atoms with van der Waals surface area (Å²) < 4.78 is 5.06. The van der Waals surface area contributed by atoms with Crippen molar-refractivity contribution in [2.75, 3.05) is 12.8 Å². The van der Waals surface area contributed by atoms with Crippen LogP contribution in [-0.2, 0) is 11.2 Å². The molecule has 1 fully saturated rings. The van der Waals surface area contributed by atoms with E-state index < -0.39 is 11.5 Å². The van der Waals surface area contributed by atoms with Crippen molar-refractivity contribution in [3.63, 3.8) is 0 Å². The van der Waals surface area contributed by atoms with Crippen LogP contribution < -0.4 is 5.32 Å². The van der Waals surface area contributed by atoms with Gasteiger partial charge in [0.2, 0.25) is 0 Å². The Kier molecular flexibility index (Phi) is 4.24. The zero-order valence-electron chi connectivity index (χ0n) is 10.5. The molecule has 1 atom stereocenters. The number of likely N-dealkylation sites (N-methyl/N-ethyl adjacent to an activating group) is 1. The average Bonchev–Trinajstić information content (AvgIpc) is 3.10. The summed E-state index contributed by atoms with van der Waals surface area (Å²) in [6, 6.07) is 0. The van der Waals surface area contributed by atoms with Crippen molar-refractivity contribution < 1.29 is 9.90 Å². The van der Waals surface area contributed by atoms with Crippen molar-refractivity contribution in [3.05, 3.63) is 5.82 Å². The smallest absolute Gasteiger partial charge is 0.325 e. The predicted molar refractivity (Wildman–Crippen MR) is 72.2 cm³/mol. The predicted octanol–water partition coefficient (Wildman–Crippen LogP) is 1.65. The Hall–Kier alpha value is -0.660. The minimum atomic E-state index is -0.817. The third-order valence-corrected chi connectivity index (χ3v) is 5.36. The Morgan fingerprint density at radius 1 is 1.67 bits per heavy atom. The molecule has 5 nitrogen and oxygen atoms in total. The van der Waals surface area contributed by atoms with Crippen molar-refractivity contribution in [1.82, 2.24) is 14.7 Å². The third-order valence-electron chi connectivity index (χ3n) is 3.29. The minimum Gasteiger partial charge on any atom is -0.480 e. The van der Waals surface area contributed by atoms with Crippen LogP contribution in [0.4, 0.5) is 0 Å². The topological polar surface area (TPSA) is 75.1 Å². The number of nitrogens with zero attached hydrogens (tertiary/aromatic N) is 2. The molecule has 0 aliphatic heterocycles. The molecule has 1 aliphatic rings. The molecule has 1 aliphatic carbocycles. The van der Waals surface area contributed by atoms with Crippen molar-refractivity contribution in [2.45, 2.75) is 36.1 Å².